The summed E-state index contributed by atoms with van der Waals surface area (Å²) in [7, 11) is 0. The first-order chi connectivity index (χ1) is 10.4. The Morgan fingerprint density at radius 3 is 2.41 bits per heavy atom. The third-order valence-corrected chi connectivity index (χ3v) is 3.27. The molecular formula is C14H16F3N3O2. The standard InChI is InChI=1S/C12H15N3.C2HF3O2/c1-2-11-10(4-5-14-11)12(3-1)15-8-6-13-7-9-15;3-2(4,5)1(6)7/h1-5,13-14H,6-9H2;(H,6,7). The van der Waals surface area contributed by atoms with E-state index in [1.165, 1.54) is 16.6 Å². The van der Waals surface area contributed by atoms with Gasteiger partial charge in [0.2, 0.25) is 0 Å². The van der Waals surface area contributed by atoms with Crippen molar-refractivity contribution in [3.05, 3.63) is 30.5 Å². The monoisotopic (exact) mass is 315 g/mol. The van der Waals surface area contributed by atoms with E-state index in [1.807, 2.05) is 6.20 Å². The Hall–Kier alpha value is -2.22. The molecule has 0 saturated carbocycles. The van der Waals surface area contributed by atoms with E-state index in [1.54, 1.807) is 0 Å². The molecule has 5 nitrogen and oxygen atoms in total. The number of carboxylic acids is 1. The smallest absolute Gasteiger partial charge is 0.475 e. The summed E-state index contributed by atoms with van der Waals surface area (Å²) in [6.07, 6.45) is -3.07. The average molecular weight is 315 g/mol. The van der Waals surface area contributed by atoms with Crippen molar-refractivity contribution in [3.63, 3.8) is 0 Å². The van der Waals surface area contributed by atoms with Gasteiger partial charge in [-0.2, -0.15) is 13.2 Å². The molecule has 0 bridgehead atoms. The molecule has 0 amide bonds. The van der Waals surface area contributed by atoms with E-state index in [-0.39, 0.29) is 0 Å². The summed E-state index contributed by atoms with van der Waals surface area (Å²) in [6.45, 7) is 4.37. The summed E-state index contributed by atoms with van der Waals surface area (Å²) < 4.78 is 31.7. The van der Waals surface area contributed by atoms with Crippen LogP contribution in [-0.4, -0.2) is 48.4 Å². The highest BCUT2D eigenvalue weighted by atomic mass is 19.4. The van der Waals surface area contributed by atoms with Gasteiger partial charge in [0.1, 0.15) is 0 Å². The number of benzene rings is 1. The van der Waals surface area contributed by atoms with Gasteiger partial charge < -0.3 is 20.3 Å². The van der Waals surface area contributed by atoms with Crippen LogP contribution in [0.1, 0.15) is 0 Å². The van der Waals surface area contributed by atoms with E-state index in [2.05, 4.69) is 39.5 Å². The summed E-state index contributed by atoms with van der Waals surface area (Å²) in [4.78, 5) is 14.6. The number of hydrogen-bond acceptors (Lipinski definition) is 3. The van der Waals surface area contributed by atoms with Gasteiger partial charge in [-0.05, 0) is 18.2 Å². The lowest BCUT2D eigenvalue weighted by atomic mass is 10.2. The third kappa shape index (κ3) is 3.91. The molecule has 0 aliphatic carbocycles. The Kier molecular flexibility index (Phi) is 4.92. The van der Waals surface area contributed by atoms with Crippen LogP contribution in [0.4, 0.5) is 18.9 Å². The number of anilines is 1. The van der Waals surface area contributed by atoms with Gasteiger partial charge in [-0.1, -0.05) is 6.07 Å². The molecule has 1 aliphatic heterocycles. The Morgan fingerprint density at radius 1 is 1.18 bits per heavy atom. The van der Waals surface area contributed by atoms with E-state index in [4.69, 9.17) is 9.90 Å². The second kappa shape index (κ2) is 6.69. The maximum absolute atomic E-state index is 10.6. The predicted octanol–water partition coefficient (Wildman–Crippen LogP) is 2.21. The van der Waals surface area contributed by atoms with Crippen LogP contribution < -0.4 is 10.2 Å². The molecule has 0 radical (unpaired) electrons. The van der Waals surface area contributed by atoms with Gasteiger partial charge in [-0.15, -0.1) is 0 Å². The maximum Gasteiger partial charge on any atom is 0.490 e. The first-order valence-corrected chi connectivity index (χ1v) is 6.71. The highest BCUT2D eigenvalue weighted by Gasteiger charge is 2.38. The number of piperazine rings is 1. The van der Waals surface area contributed by atoms with Crippen LogP contribution in [0.5, 0.6) is 0 Å². The van der Waals surface area contributed by atoms with E-state index < -0.39 is 12.1 Å². The number of fused-ring (bicyclic) bond motifs is 1. The van der Waals surface area contributed by atoms with Crippen molar-refractivity contribution >= 4 is 22.6 Å². The zero-order valence-electron chi connectivity index (χ0n) is 11.7. The number of halogens is 3. The van der Waals surface area contributed by atoms with E-state index in [0.29, 0.717) is 0 Å². The fourth-order valence-electron chi connectivity index (χ4n) is 2.25. The van der Waals surface area contributed by atoms with Crippen molar-refractivity contribution in [2.75, 3.05) is 31.1 Å². The van der Waals surface area contributed by atoms with Crippen molar-refractivity contribution in [1.29, 1.82) is 0 Å². The molecule has 1 aromatic carbocycles. The maximum atomic E-state index is 10.6. The second-order valence-electron chi connectivity index (χ2n) is 4.76. The summed E-state index contributed by atoms with van der Waals surface area (Å²) in [5, 5.41) is 11.8. The molecule has 22 heavy (non-hydrogen) atoms. The van der Waals surface area contributed by atoms with Crippen LogP contribution in [-0.2, 0) is 4.79 Å². The van der Waals surface area contributed by atoms with Gasteiger partial charge >= 0.3 is 12.1 Å². The second-order valence-corrected chi connectivity index (χ2v) is 4.76. The van der Waals surface area contributed by atoms with Crippen LogP contribution in [0.3, 0.4) is 0 Å². The topological polar surface area (TPSA) is 68.4 Å². The number of carbonyl (C=O) groups is 1. The number of rotatable bonds is 1. The van der Waals surface area contributed by atoms with Gasteiger partial charge in [-0.3, -0.25) is 0 Å². The van der Waals surface area contributed by atoms with Crippen molar-refractivity contribution in [1.82, 2.24) is 10.3 Å². The van der Waals surface area contributed by atoms with E-state index in [0.717, 1.165) is 26.2 Å². The molecular weight excluding hydrogens is 299 g/mol. The fourth-order valence-corrected chi connectivity index (χ4v) is 2.25. The first kappa shape index (κ1) is 16.2. The first-order valence-electron chi connectivity index (χ1n) is 6.71. The van der Waals surface area contributed by atoms with Gasteiger partial charge in [0.25, 0.3) is 0 Å². The summed E-state index contributed by atoms with van der Waals surface area (Å²) >= 11 is 0. The normalized spacial score (nSPS) is 15.3. The van der Waals surface area contributed by atoms with Crippen LogP contribution in [0.2, 0.25) is 0 Å². The number of hydrogen-bond donors (Lipinski definition) is 3. The van der Waals surface area contributed by atoms with Gasteiger partial charge in [0, 0.05) is 49.0 Å². The molecule has 0 atom stereocenters. The van der Waals surface area contributed by atoms with Gasteiger partial charge in [0.05, 0.1) is 0 Å². The molecule has 2 aromatic rings. The number of nitrogens with one attached hydrogen (secondary N) is 2. The lowest BCUT2D eigenvalue weighted by molar-refractivity contribution is -0.192. The van der Waals surface area contributed by atoms with Crippen LogP contribution in [0, 0.1) is 0 Å². The Balaban J connectivity index is 0.000000217. The molecule has 2 heterocycles. The number of nitrogens with zero attached hydrogens (tertiary/aromatic N) is 1. The third-order valence-electron chi connectivity index (χ3n) is 3.27. The highest BCUT2D eigenvalue weighted by Crippen LogP contribution is 2.26. The minimum absolute atomic E-state index is 1.08. The van der Waals surface area contributed by atoms with Gasteiger partial charge in [-0.25, -0.2) is 4.79 Å². The van der Waals surface area contributed by atoms with Crippen molar-refractivity contribution < 1.29 is 23.1 Å². The number of aromatic nitrogens is 1. The number of aliphatic carboxylic acids is 1. The average Bonchev–Trinajstić information content (AvgIpc) is 2.96. The van der Waals surface area contributed by atoms with Gasteiger partial charge in [0.15, 0.2) is 0 Å². The molecule has 1 aliphatic rings. The largest absolute Gasteiger partial charge is 0.490 e. The molecule has 8 heteroatoms. The number of alkyl halides is 3. The summed E-state index contributed by atoms with van der Waals surface area (Å²) in [5.41, 5.74) is 2.58. The quantitative estimate of drug-likeness (QED) is 0.755. The van der Waals surface area contributed by atoms with E-state index >= 15 is 0 Å². The summed E-state index contributed by atoms with van der Waals surface area (Å²) in [5.74, 6) is -2.76. The molecule has 3 N–H and O–H groups in total. The Labute approximate surface area is 124 Å². The Bertz CT molecular complexity index is 634. The molecule has 1 aromatic heterocycles. The zero-order valence-corrected chi connectivity index (χ0v) is 11.7. The minimum Gasteiger partial charge on any atom is -0.475 e. The fraction of sp³-hybridized carbons (Fsp3) is 0.357. The highest BCUT2D eigenvalue weighted by molar-refractivity contribution is 5.92. The van der Waals surface area contributed by atoms with Crippen molar-refractivity contribution in [3.8, 4) is 0 Å². The molecule has 1 saturated heterocycles. The SMILES string of the molecule is O=C(O)C(F)(F)F.c1cc(N2CCNCC2)c2cc[nH]c2c1. The molecule has 3 rings (SSSR count). The zero-order chi connectivity index (χ0) is 16.2. The van der Waals surface area contributed by atoms with Crippen LogP contribution in [0.15, 0.2) is 30.5 Å². The lowest BCUT2D eigenvalue weighted by Crippen LogP contribution is -2.43. The predicted molar refractivity (Wildman–Crippen MR) is 77.1 cm³/mol. The Morgan fingerprint density at radius 2 is 1.82 bits per heavy atom. The van der Waals surface area contributed by atoms with Crippen LogP contribution >= 0.6 is 0 Å². The molecule has 1 fully saturated rings. The molecule has 0 unspecified atom stereocenters. The minimum atomic E-state index is -5.08. The number of aromatic amines is 1. The number of H-pyrrole nitrogens is 1. The lowest BCUT2D eigenvalue weighted by Gasteiger charge is -2.30. The van der Waals surface area contributed by atoms with E-state index in [9.17, 15) is 13.2 Å². The number of carboxylic acid groups (broad SMARTS) is 1. The van der Waals surface area contributed by atoms with Crippen molar-refractivity contribution in [2.24, 2.45) is 0 Å². The molecule has 0 spiro atoms. The summed E-state index contributed by atoms with van der Waals surface area (Å²) in [6, 6.07) is 8.62. The van der Waals surface area contributed by atoms with Crippen LogP contribution in [0.25, 0.3) is 10.9 Å². The van der Waals surface area contributed by atoms with Crippen molar-refractivity contribution in [2.45, 2.75) is 6.18 Å². The molecule has 120 valence electrons.